The predicted molar refractivity (Wildman–Crippen MR) is 21.5 cm³/mol. The van der Waals surface area contributed by atoms with Gasteiger partial charge in [0.15, 0.2) is 8.23 Å². The van der Waals surface area contributed by atoms with Crippen LogP contribution in [0.1, 0.15) is 0 Å². The maximum atomic E-state index is 9.11. The normalized spacial score (nSPS) is 5.00. The van der Waals surface area contributed by atoms with Crippen LogP contribution in [0.5, 0.6) is 0 Å². The van der Waals surface area contributed by atoms with Crippen LogP contribution in [0.3, 0.4) is 0 Å². The molecule has 3 heteroatoms. The quantitative estimate of drug-likeness (QED) is 0.325. The highest BCUT2D eigenvalue weighted by molar-refractivity contribution is 7.87. The topological polar surface area (TPSA) is 17.1 Å². The lowest BCUT2D eigenvalue weighted by Gasteiger charge is -1.32. The maximum absolute atomic E-state index is 9.11. The largest absolute Gasteiger partial charge is 0.304 e. The van der Waals surface area contributed by atoms with Gasteiger partial charge >= 0.3 is 0 Å². The first-order chi connectivity index (χ1) is 1.91. The second kappa shape index (κ2) is 3.11. The minimum absolute atomic E-state index is 0.315. The van der Waals surface area contributed by atoms with Gasteiger partial charge in [0, 0.05) is 0 Å². The number of hydrogen-bond donors (Lipinski definition) is 0. The van der Waals surface area contributed by atoms with Crippen molar-refractivity contribution >= 4 is 25.8 Å². The number of rotatable bonds is 1. The van der Waals surface area contributed by atoms with Crippen molar-refractivity contribution in [3.63, 3.8) is 0 Å². The molecule has 0 saturated heterocycles. The van der Waals surface area contributed by atoms with Crippen molar-refractivity contribution in [3.05, 3.63) is 0 Å². The Morgan fingerprint density at radius 2 is 2.25 bits per heavy atom. The Labute approximate surface area is 31.4 Å². The van der Waals surface area contributed by atoms with Gasteiger partial charge in [-0.1, -0.05) is 0 Å². The van der Waals surface area contributed by atoms with E-state index in [2.05, 4.69) is 11.6 Å². The van der Waals surface area contributed by atoms with Gasteiger partial charge in [0.2, 0.25) is 0 Å². The lowest BCUT2D eigenvalue weighted by Crippen LogP contribution is -1.61. The van der Waals surface area contributed by atoms with Crippen molar-refractivity contribution in [2.45, 2.75) is 0 Å². The fourth-order valence-electron chi connectivity index (χ4n) is 0. The molecule has 0 spiro atoms. The SMILES string of the molecule is O=C[SiH]=S. The van der Waals surface area contributed by atoms with Crippen molar-refractivity contribution in [2.24, 2.45) is 0 Å². The van der Waals surface area contributed by atoms with E-state index in [1.165, 1.54) is 0 Å². The summed E-state index contributed by atoms with van der Waals surface area (Å²) in [6.45, 7) is 0. The Kier molecular flexibility index (Phi) is 3.19. The molecule has 0 atom stereocenters. The standard InChI is InChI=1S/CH2OSSi/c2-1-4-3/h1,4H. The van der Waals surface area contributed by atoms with Crippen molar-refractivity contribution in [2.75, 3.05) is 0 Å². The van der Waals surface area contributed by atoms with Crippen LogP contribution in [0, 0.1) is 0 Å². The molecule has 0 aromatic rings. The molecular formula is CH2OSSi. The summed E-state index contributed by atoms with van der Waals surface area (Å²) in [6.07, 6.45) is 0. The Morgan fingerprint density at radius 1 is 2.00 bits per heavy atom. The molecule has 0 aliphatic rings. The minimum atomic E-state index is -0.315. The number of carbonyl (C=O) groups excluding carboxylic acids is 1. The molecule has 1 nitrogen and oxygen atoms in total. The summed E-state index contributed by atoms with van der Waals surface area (Å²) >= 11 is 4.27. The van der Waals surface area contributed by atoms with E-state index < -0.39 is 0 Å². The highest BCUT2D eigenvalue weighted by atomic mass is 32.2. The van der Waals surface area contributed by atoms with Gasteiger partial charge < -0.3 is 4.79 Å². The van der Waals surface area contributed by atoms with E-state index in [0.29, 0.717) is 0 Å². The molecule has 0 amide bonds. The molecule has 0 unspecified atom stereocenters. The van der Waals surface area contributed by atoms with Gasteiger partial charge in [0.1, 0.15) is 5.91 Å². The summed E-state index contributed by atoms with van der Waals surface area (Å²) in [6, 6.07) is 0. The summed E-state index contributed by atoms with van der Waals surface area (Å²) in [4.78, 5) is 9.11. The van der Waals surface area contributed by atoms with Crippen LogP contribution in [0.4, 0.5) is 0 Å². The van der Waals surface area contributed by atoms with Crippen molar-refractivity contribution in [1.29, 1.82) is 0 Å². The van der Waals surface area contributed by atoms with E-state index >= 15 is 0 Å². The third kappa shape index (κ3) is 2.11. The Bertz CT molecular complexity index is 29.0. The predicted octanol–water partition coefficient (Wildman–Crippen LogP) is -0.274. The van der Waals surface area contributed by atoms with Crippen LogP contribution in [0.2, 0.25) is 0 Å². The van der Waals surface area contributed by atoms with Gasteiger partial charge in [-0.25, -0.2) is 0 Å². The first kappa shape index (κ1) is 4.11. The van der Waals surface area contributed by atoms with Crippen LogP contribution < -0.4 is 0 Å². The molecule has 0 aliphatic heterocycles. The van der Waals surface area contributed by atoms with E-state index in [1.54, 1.807) is 0 Å². The summed E-state index contributed by atoms with van der Waals surface area (Å²) in [7, 11) is -0.315. The highest BCUT2D eigenvalue weighted by Gasteiger charge is 1.44. The van der Waals surface area contributed by atoms with E-state index in [9.17, 15) is 0 Å². The summed E-state index contributed by atoms with van der Waals surface area (Å²) in [5, 5.41) is 0. The zero-order chi connectivity index (χ0) is 3.41. The molecule has 0 aliphatic carbocycles. The monoisotopic (exact) mass is 90.0 g/mol. The van der Waals surface area contributed by atoms with E-state index in [-0.39, 0.29) is 8.23 Å². The third-order valence-electron chi connectivity index (χ3n) is 0.0556. The van der Waals surface area contributed by atoms with Crippen molar-refractivity contribution in [1.82, 2.24) is 0 Å². The maximum Gasteiger partial charge on any atom is 0.153 e. The van der Waals surface area contributed by atoms with Crippen LogP contribution >= 0.6 is 11.6 Å². The molecule has 0 N–H and O–H groups in total. The Balaban J connectivity index is 2.73. The van der Waals surface area contributed by atoms with Gasteiger partial charge in [-0.3, -0.25) is 0 Å². The lowest BCUT2D eigenvalue weighted by atomic mass is 11.8. The van der Waals surface area contributed by atoms with Gasteiger partial charge in [-0.2, -0.15) is 0 Å². The molecule has 22 valence electrons. The van der Waals surface area contributed by atoms with E-state index in [4.69, 9.17) is 4.79 Å². The fraction of sp³-hybridized carbons (Fsp3) is 0. The molecule has 0 bridgehead atoms. The molecule has 4 heavy (non-hydrogen) atoms. The third-order valence-corrected chi connectivity index (χ3v) is 0.500. The summed E-state index contributed by atoms with van der Waals surface area (Å²) in [5.41, 5.74) is 0. The van der Waals surface area contributed by atoms with E-state index in [1.807, 2.05) is 0 Å². The van der Waals surface area contributed by atoms with Gasteiger partial charge in [-0.05, 0) is 0 Å². The van der Waals surface area contributed by atoms with Gasteiger partial charge in [-0.15, -0.1) is 11.6 Å². The molecule has 0 aromatic carbocycles. The molecular weight excluding hydrogens is 88.2 g/mol. The average molecular weight is 90.2 g/mol. The molecule has 0 saturated carbocycles. The highest BCUT2D eigenvalue weighted by Crippen LogP contribution is 1.27. The van der Waals surface area contributed by atoms with E-state index in [0.717, 1.165) is 5.91 Å². The second-order valence-electron chi connectivity index (χ2n) is 0.272. The lowest BCUT2D eigenvalue weighted by molar-refractivity contribution is 0.569. The number of carbonyl (C=O) groups is 1. The smallest absolute Gasteiger partial charge is 0.153 e. The molecule has 0 rings (SSSR count). The Hall–Kier alpha value is 0.107. The van der Waals surface area contributed by atoms with Crippen LogP contribution in [-0.2, 0) is 4.79 Å². The van der Waals surface area contributed by atoms with Crippen LogP contribution in [0.25, 0.3) is 0 Å². The summed E-state index contributed by atoms with van der Waals surface area (Å²) < 4.78 is 0. The van der Waals surface area contributed by atoms with Gasteiger partial charge in [0.25, 0.3) is 0 Å². The average Bonchev–Trinajstić information content (AvgIpc) is 1.37. The van der Waals surface area contributed by atoms with Crippen molar-refractivity contribution in [3.8, 4) is 0 Å². The first-order valence-corrected chi connectivity index (χ1v) is 3.36. The summed E-state index contributed by atoms with van der Waals surface area (Å²) in [5.74, 6) is 0.773. The molecule has 0 aromatic heterocycles. The zero-order valence-electron chi connectivity index (χ0n) is 1.97. The fourth-order valence-corrected chi connectivity index (χ4v) is 0. The van der Waals surface area contributed by atoms with Gasteiger partial charge in [0.05, 0.1) is 0 Å². The first-order valence-electron chi connectivity index (χ1n) is 0.805. The molecule has 0 fully saturated rings. The van der Waals surface area contributed by atoms with Crippen LogP contribution in [-0.4, -0.2) is 14.1 Å². The minimum Gasteiger partial charge on any atom is -0.304 e. The second-order valence-corrected chi connectivity index (χ2v) is 1.63. The zero-order valence-corrected chi connectivity index (χ0v) is 3.94. The Morgan fingerprint density at radius 3 is 2.25 bits per heavy atom. The van der Waals surface area contributed by atoms with Crippen molar-refractivity contribution < 1.29 is 4.79 Å². The number of hydrogen-bond acceptors (Lipinski definition) is 2. The van der Waals surface area contributed by atoms with Crippen LogP contribution in [0.15, 0.2) is 0 Å². The molecule has 0 radical (unpaired) electrons. The molecule has 0 heterocycles.